The number of nitrogens with zero attached hydrogens (tertiary/aromatic N) is 2. The van der Waals surface area contributed by atoms with Crippen molar-refractivity contribution < 1.29 is 14.3 Å². The second kappa shape index (κ2) is 8.69. The number of aromatic nitrogens is 1. The van der Waals surface area contributed by atoms with Crippen LogP contribution >= 0.6 is 22.9 Å². The molecule has 2 heterocycles. The summed E-state index contributed by atoms with van der Waals surface area (Å²) in [7, 11) is 0. The van der Waals surface area contributed by atoms with Gasteiger partial charge in [-0.1, -0.05) is 40.6 Å². The van der Waals surface area contributed by atoms with Gasteiger partial charge in [-0.2, -0.15) is 0 Å². The van der Waals surface area contributed by atoms with Crippen LogP contribution in [0, 0.1) is 13.8 Å². The predicted octanol–water partition coefficient (Wildman–Crippen LogP) is 5.16. The number of amides is 1. The lowest BCUT2D eigenvalue weighted by atomic mass is 10.2. The molecule has 29 heavy (non-hydrogen) atoms. The van der Waals surface area contributed by atoms with E-state index in [9.17, 15) is 4.79 Å². The minimum absolute atomic E-state index is 0.0232. The molecule has 0 aliphatic carbocycles. The zero-order valence-electron chi connectivity index (χ0n) is 16.5. The first kappa shape index (κ1) is 20.1. The van der Waals surface area contributed by atoms with Gasteiger partial charge < -0.3 is 9.47 Å². The summed E-state index contributed by atoms with van der Waals surface area (Å²) in [4.78, 5) is 19.5. The SMILES string of the molecule is Cc1ccc(OCC(=O)N(CC2CCCO2)c2nc3c(C)cc(Cl)cc3s2)cc1. The van der Waals surface area contributed by atoms with E-state index in [1.54, 1.807) is 4.90 Å². The first-order chi connectivity index (χ1) is 14.0. The van der Waals surface area contributed by atoms with Crippen molar-refractivity contribution in [3.63, 3.8) is 0 Å². The van der Waals surface area contributed by atoms with E-state index in [4.69, 9.17) is 26.1 Å². The molecule has 0 saturated carbocycles. The van der Waals surface area contributed by atoms with Crippen LogP contribution in [0.1, 0.15) is 24.0 Å². The number of aryl methyl sites for hydroxylation is 2. The third-order valence-electron chi connectivity index (χ3n) is 4.96. The molecule has 1 aliphatic heterocycles. The lowest BCUT2D eigenvalue weighted by molar-refractivity contribution is -0.120. The third-order valence-corrected chi connectivity index (χ3v) is 6.21. The molecule has 1 aromatic heterocycles. The van der Waals surface area contributed by atoms with Crippen LogP contribution in [0.25, 0.3) is 10.2 Å². The Balaban J connectivity index is 1.57. The fourth-order valence-corrected chi connectivity index (χ4v) is 4.84. The van der Waals surface area contributed by atoms with Crippen LogP contribution in [-0.4, -0.2) is 36.8 Å². The molecule has 4 rings (SSSR count). The van der Waals surface area contributed by atoms with Gasteiger partial charge in [0.2, 0.25) is 0 Å². The molecule has 5 nitrogen and oxygen atoms in total. The first-order valence-electron chi connectivity index (χ1n) is 9.68. The Morgan fingerprint density at radius 2 is 2.10 bits per heavy atom. The standard InChI is InChI=1S/C22H23ClN2O3S/c1-14-5-7-17(8-6-14)28-13-20(26)25(12-18-4-3-9-27-18)22-24-21-15(2)10-16(23)11-19(21)29-22/h5-8,10-11,18H,3-4,9,12-13H2,1-2H3. The number of fused-ring (bicyclic) bond motifs is 1. The summed E-state index contributed by atoms with van der Waals surface area (Å²) in [5.74, 6) is 0.539. The van der Waals surface area contributed by atoms with Gasteiger partial charge in [0.15, 0.2) is 11.7 Å². The lowest BCUT2D eigenvalue weighted by Crippen LogP contribution is -2.40. The van der Waals surface area contributed by atoms with Crippen molar-refractivity contribution in [2.45, 2.75) is 32.8 Å². The predicted molar refractivity (Wildman–Crippen MR) is 117 cm³/mol. The van der Waals surface area contributed by atoms with Crippen LogP contribution in [0.4, 0.5) is 5.13 Å². The number of halogens is 1. The summed E-state index contributed by atoms with van der Waals surface area (Å²) in [6.45, 7) is 5.15. The van der Waals surface area contributed by atoms with Crippen LogP contribution in [0.5, 0.6) is 5.75 Å². The number of carbonyl (C=O) groups is 1. The van der Waals surface area contributed by atoms with E-state index in [0.29, 0.717) is 22.4 Å². The largest absolute Gasteiger partial charge is 0.484 e. The molecule has 0 spiro atoms. The van der Waals surface area contributed by atoms with Crippen molar-refractivity contribution in [2.75, 3.05) is 24.7 Å². The number of benzene rings is 2. The van der Waals surface area contributed by atoms with Gasteiger partial charge in [-0.25, -0.2) is 4.98 Å². The average Bonchev–Trinajstić information content (AvgIpc) is 3.35. The molecule has 0 bridgehead atoms. The van der Waals surface area contributed by atoms with Gasteiger partial charge in [0.1, 0.15) is 5.75 Å². The number of ether oxygens (including phenoxy) is 2. The number of hydrogen-bond acceptors (Lipinski definition) is 5. The van der Waals surface area contributed by atoms with E-state index >= 15 is 0 Å². The molecule has 3 aromatic rings. The Bertz CT molecular complexity index is 1010. The highest BCUT2D eigenvalue weighted by atomic mass is 35.5. The highest BCUT2D eigenvalue weighted by Crippen LogP contribution is 2.33. The van der Waals surface area contributed by atoms with Gasteiger partial charge in [-0.3, -0.25) is 9.69 Å². The number of anilines is 1. The Hall–Kier alpha value is -2.15. The van der Waals surface area contributed by atoms with Crippen molar-refractivity contribution in [3.05, 3.63) is 52.5 Å². The molecule has 2 aromatic carbocycles. The molecule has 7 heteroatoms. The van der Waals surface area contributed by atoms with Crippen molar-refractivity contribution in [1.29, 1.82) is 0 Å². The van der Waals surface area contributed by atoms with Crippen LogP contribution in [-0.2, 0) is 9.53 Å². The summed E-state index contributed by atoms with van der Waals surface area (Å²) in [6.07, 6.45) is 1.98. The van der Waals surface area contributed by atoms with E-state index in [1.165, 1.54) is 11.3 Å². The monoisotopic (exact) mass is 430 g/mol. The zero-order valence-corrected chi connectivity index (χ0v) is 18.1. The van der Waals surface area contributed by atoms with Gasteiger partial charge in [-0.15, -0.1) is 0 Å². The van der Waals surface area contributed by atoms with Crippen molar-refractivity contribution >= 4 is 44.2 Å². The molecule has 1 unspecified atom stereocenters. The fourth-order valence-electron chi connectivity index (χ4n) is 3.39. The Morgan fingerprint density at radius 1 is 1.31 bits per heavy atom. The second-order valence-electron chi connectivity index (χ2n) is 7.31. The van der Waals surface area contributed by atoms with E-state index in [1.807, 2.05) is 50.2 Å². The lowest BCUT2D eigenvalue weighted by Gasteiger charge is -2.23. The van der Waals surface area contributed by atoms with Crippen LogP contribution in [0.2, 0.25) is 5.02 Å². The topological polar surface area (TPSA) is 51.7 Å². The summed E-state index contributed by atoms with van der Waals surface area (Å²) in [6, 6.07) is 11.4. The van der Waals surface area contributed by atoms with E-state index in [2.05, 4.69) is 0 Å². The fraction of sp³-hybridized carbons (Fsp3) is 0.364. The zero-order chi connectivity index (χ0) is 20.4. The third kappa shape index (κ3) is 4.71. The molecule has 1 fully saturated rings. The second-order valence-corrected chi connectivity index (χ2v) is 8.75. The molecule has 1 amide bonds. The van der Waals surface area contributed by atoms with Crippen molar-refractivity contribution in [1.82, 2.24) is 4.98 Å². The number of hydrogen-bond donors (Lipinski definition) is 0. The molecule has 0 radical (unpaired) electrons. The highest BCUT2D eigenvalue weighted by Gasteiger charge is 2.26. The molecule has 1 saturated heterocycles. The number of rotatable bonds is 6. The molecular weight excluding hydrogens is 408 g/mol. The van der Waals surface area contributed by atoms with Gasteiger partial charge in [-0.05, 0) is 56.5 Å². The van der Waals surface area contributed by atoms with Crippen molar-refractivity contribution in [3.8, 4) is 5.75 Å². The summed E-state index contributed by atoms with van der Waals surface area (Å²) < 4.78 is 12.5. The molecule has 152 valence electrons. The Labute approximate surface area is 179 Å². The molecule has 0 N–H and O–H groups in total. The van der Waals surface area contributed by atoms with Gasteiger partial charge in [0.05, 0.1) is 22.9 Å². The molecular formula is C22H23ClN2O3S. The number of carbonyl (C=O) groups excluding carboxylic acids is 1. The van der Waals surface area contributed by atoms with Crippen LogP contribution in [0.15, 0.2) is 36.4 Å². The highest BCUT2D eigenvalue weighted by molar-refractivity contribution is 7.22. The average molecular weight is 431 g/mol. The Morgan fingerprint density at radius 3 is 2.83 bits per heavy atom. The maximum absolute atomic E-state index is 13.1. The van der Waals surface area contributed by atoms with Crippen LogP contribution in [0.3, 0.4) is 0 Å². The van der Waals surface area contributed by atoms with E-state index in [0.717, 1.165) is 40.8 Å². The first-order valence-corrected chi connectivity index (χ1v) is 10.9. The maximum atomic E-state index is 13.1. The Kier molecular flexibility index (Phi) is 6.04. The normalized spacial score (nSPS) is 16.3. The smallest absolute Gasteiger partial charge is 0.266 e. The van der Waals surface area contributed by atoms with Crippen LogP contribution < -0.4 is 9.64 Å². The minimum Gasteiger partial charge on any atom is -0.484 e. The molecule has 1 atom stereocenters. The summed E-state index contributed by atoms with van der Waals surface area (Å²) >= 11 is 7.67. The number of thiazole rings is 1. The quantitative estimate of drug-likeness (QED) is 0.542. The van der Waals surface area contributed by atoms with E-state index < -0.39 is 0 Å². The van der Waals surface area contributed by atoms with Crippen molar-refractivity contribution in [2.24, 2.45) is 0 Å². The van der Waals surface area contributed by atoms with E-state index in [-0.39, 0.29) is 18.6 Å². The maximum Gasteiger partial charge on any atom is 0.266 e. The van der Waals surface area contributed by atoms with Gasteiger partial charge in [0, 0.05) is 11.6 Å². The van der Waals surface area contributed by atoms with Gasteiger partial charge >= 0.3 is 0 Å². The summed E-state index contributed by atoms with van der Waals surface area (Å²) in [5.41, 5.74) is 3.02. The summed E-state index contributed by atoms with van der Waals surface area (Å²) in [5, 5.41) is 1.32. The molecule has 1 aliphatic rings. The minimum atomic E-state index is -0.135. The van der Waals surface area contributed by atoms with Gasteiger partial charge in [0.25, 0.3) is 5.91 Å².